The average Bonchev–Trinajstić information content (AvgIpc) is 2.61. The maximum absolute atomic E-state index is 13.0. The maximum Gasteiger partial charge on any atom is 0.282 e. The molecule has 1 aromatic carbocycles. The first kappa shape index (κ1) is 20.0. The second kappa shape index (κ2) is 8.12. The Morgan fingerprint density at radius 2 is 1.54 bits per heavy atom. The van der Waals surface area contributed by atoms with Gasteiger partial charge in [-0.1, -0.05) is 23.7 Å². The molecule has 0 spiro atoms. The Morgan fingerprint density at radius 3 is 2.08 bits per heavy atom. The van der Waals surface area contributed by atoms with Crippen molar-refractivity contribution in [1.29, 1.82) is 0 Å². The summed E-state index contributed by atoms with van der Waals surface area (Å²) in [5.41, 5.74) is 1.20. The average molecular weight is 402 g/mol. The molecular formula is C18H28ClN3O3S. The Morgan fingerprint density at radius 1 is 1.00 bits per heavy atom. The lowest BCUT2D eigenvalue weighted by Gasteiger charge is -2.41. The number of morpholine rings is 1. The van der Waals surface area contributed by atoms with Crippen LogP contribution in [0.2, 0.25) is 5.02 Å². The van der Waals surface area contributed by atoms with Crippen LogP contribution < -0.4 is 0 Å². The van der Waals surface area contributed by atoms with Gasteiger partial charge in [-0.15, -0.1) is 0 Å². The fraction of sp³-hybridized carbons (Fsp3) is 0.667. The van der Waals surface area contributed by atoms with Crippen molar-refractivity contribution >= 4 is 21.8 Å². The third-order valence-electron chi connectivity index (χ3n) is 5.21. The molecule has 0 aliphatic carbocycles. The summed E-state index contributed by atoms with van der Waals surface area (Å²) in [5.74, 6) is 0. The van der Waals surface area contributed by atoms with Crippen molar-refractivity contribution in [3.05, 3.63) is 34.9 Å². The van der Waals surface area contributed by atoms with E-state index in [1.165, 1.54) is 5.56 Å². The molecule has 2 aliphatic rings. The van der Waals surface area contributed by atoms with E-state index in [0.29, 0.717) is 26.2 Å². The summed E-state index contributed by atoms with van der Waals surface area (Å²) in [6, 6.07) is 8.10. The van der Waals surface area contributed by atoms with Gasteiger partial charge in [-0.3, -0.25) is 4.90 Å². The fourth-order valence-corrected chi connectivity index (χ4v) is 5.63. The van der Waals surface area contributed by atoms with Crippen molar-refractivity contribution in [2.75, 3.05) is 39.3 Å². The molecule has 146 valence electrons. The Labute approximate surface area is 161 Å². The van der Waals surface area contributed by atoms with Gasteiger partial charge in [0, 0.05) is 50.3 Å². The van der Waals surface area contributed by atoms with E-state index in [1.807, 2.05) is 38.1 Å². The molecule has 8 heteroatoms. The Kier molecular flexibility index (Phi) is 6.26. The van der Waals surface area contributed by atoms with Crippen LogP contribution in [0.25, 0.3) is 0 Å². The van der Waals surface area contributed by atoms with E-state index in [1.54, 1.807) is 8.61 Å². The zero-order chi connectivity index (χ0) is 18.9. The maximum atomic E-state index is 13.0. The summed E-state index contributed by atoms with van der Waals surface area (Å²) in [6.45, 7) is 9.31. The zero-order valence-corrected chi connectivity index (χ0v) is 17.2. The van der Waals surface area contributed by atoms with Crippen LogP contribution in [-0.2, 0) is 14.9 Å². The minimum atomic E-state index is -3.43. The molecule has 3 unspecified atom stereocenters. The first-order valence-corrected chi connectivity index (χ1v) is 10.9. The lowest BCUT2D eigenvalue weighted by Crippen LogP contribution is -2.57. The predicted octanol–water partition coefficient (Wildman–Crippen LogP) is 2.37. The van der Waals surface area contributed by atoms with E-state index >= 15 is 0 Å². The molecule has 1 aromatic rings. The molecule has 6 nitrogen and oxygen atoms in total. The first-order chi connectivity index (χ1) is 12.3. The van der Waals surface area contributed by atoms with Gasteiger partial charge in [0.2, 0.25) is 0 Å². The van der Waals surface area contributed by atoms with Crippen LogP contribution in [0.4, 0.5) is 0 Å². The van der Waals surface area contributed by atoms with E-state index in [9.17, 15) is 8.42 Å². The molecule has 26 heavy (non-hydrogen) atoms. The lowest BCUT2D eigenvalue weighted by molar-refractivity contribution is -0.0458. The second-order valence-corrected chi connectivity index (χ2v) is 9.61. The molecule has 3 atom stereocenters. The molecule has 0 radical (unpaired) electrons. The number of hydrogen-bond donors (Lipinski definition) is 0. The molecule has 0 N–H and O–H groups in total. The van der Waals surface area contributed by atoms with Crippen molar-refractivity contribution in [3.8, 4) is 0 Å². The lowest BCUT2D eigenvalue weighted by atomic mass is 10.1. The highest BCUT2D eigenvalue weighted by atomic mass is 35.5. The van der Waals surface area contributed by atoms with E-state index in [2.05, 4.69) is 11.8 Å². The quantitative estimate of drug-likeness (QED) is 0.777. The van der Waals surface area contributed by atoms with Crippen LogP contribution in [0.15, 0.2) is 24.3 Å². The van der Waals surface area contributed by atoms with Gasteiger partial charge in [-0.05, 0) is 38.5 Å². The number of piperazine rings is 1. The molecule has 0 aromatic heterocycles. The topological polar surface area (TPSA) is 53.1 Å². The summed E-state index contributed by atoms with van der Waals surface area (Å²) >= 11 is 5.97. The number of hydrogen-bond acceptors (Lipinski definition) is 4. The molecule has 2 saturated heterocycles. The Hall–Kier alpha value is -0.700. The van der Waals surface area contributed by atoms with Crippen molar-refractivity contribution in [3.63, 3.8) is 0 Å². The molecule has 2 fully saturated rings. The van der Waals surface area contributed by atoms with Crippen LogP contribution in [-0.4, -0.2) is 73.4 Å². The second-order valence-electron chi connectivity index (χ2n) is 7.24. The van der Waals surface area contributed by atoms with Gasteiger partial charge in [0.25, 0.3) is 10.2 Å². The van der Waals surface area contributed by atoms with Gasteiger partial charge in [0.05, 0.1) is 12.2 Å². The normalized spacial score (nSPS) is 28.2. The zero-order valence-electron chi connectivity index (χ0n) is 15.6. The highest BCUT2D eigenvalue weighted by Crippen LogP contribution is 2.25. The van der Waals surface area contributed by atoms with E-state index < -0.39 is 10.2 Å². The molecular weight excluding hydrogens is 374 g/mol. The minimum Gasteiger partial charge on any atom is -0.373 e. The van der Waals surface area contributed by atoms with Crippen LogP contribution in [0.3, 0.4) is 0 Å². The molecule has 2 aliphatic heterocycles. The van der Waals surface area contributed by atoms with E-state index in [4.69, 9.17) is 16.3 Å². The van der Waals surface area contributed by atoms with Crippen LogP contribution >= 0.6 is 11.6 Å². The Bertz CT molecular complexity index is 695. The van der Waals surface area contributed by atoms with Crippen molar-refractivity contribution in [1.82, 2.24) is 13.5 Å². The van der Waals surface area contributed by atoms with Gasteiger partial charge in [0.1, 0.15) is 0 Å². The van der Waals surface area contributed by atoms with Crippen molar-refractivity contribution in [2.24, 2.45) is 0 Å². The highest BCUT2D eigenvalue weighted by Gasteiger charge is 2.37. The van der Waals surface area contributed by atoms with Gasteiger partial charge >= 0.3 is 0 Å². The fourth-order valence-electron chi connectivity index (χ4n) is 3.76. The monoisotopic (exact) mass is 401 g/mol. The summed E-state index contributed by atoms with van der Waals surface area (Å²) in [6.07, 6.45) is -0.139. The minimum absolute atomic E-state index is 0.0697. The summed E-state index contributed by atoms with van der Waals surface area (Å²) in [7, 11) is -3.43. The molecule has 0 saturated carbocycles. The SMILES string of the molecule is CC1CN(S(=O)(=O)N2CCN(C(C)c3ccc(Cl)cc3)CC2)CC(C)O1. The number of ether oxygens (including phenoxy) is 1. The van der Waals surface area contributed by atoms with Crippen molar-refractivity contribution in [2.45, 2.75) is 39.0 Å². The molecule has 3 rings (SSSR count). The van der Waals surface area contributed by atoms with Gasteiger partial charge in [-0.2, -0.15) is 17.0 Å². The molecule has 0 amide bonds. The van der Waals surface area contributed by atoms with Gasteiger partial charge in [-0.25, -0.2) is 0 Å². The van der Waals surface area contributed by atoms with Crippen LogP contribution in [0, 0.1) is 0 Å². The van der Waals surface area contributed by atoms with Crippen LogP contribution in [0.1, 0.15) is 32.4 Å². The van der Waals surface area contributed by atoms with E-state index in [-0.39, 0.29) is 18.2 Å². The smallest absolute Gasteiger partial charge is 0.282 e. The first-order valence-electron chi connectivity index (χ1n) is 9.17. The number of halogens is 1. The third kappa shape index (κ3) is 4.40. The van der Waals surface area contributed by atoms with Crippen LogP contribution in [0.5, 0.6) is 0 Å². The number of rotatable bonds is 4. The van der Waals surface area contributed by atoms with E-state index in [0.717, 1.165) is 18.1 Å². The standard InChI is InChI=1S/C18H28ClN3O3S/c1-14-12-22(13-15(2)25-14)26(23,24)21-10-8-20(9-11-21)16(3)17-4-6-18(19)7-5-17/h4-7,14-16H,8-13H2,1-3H3. The summed E-state index contributed by atoms with van der Waals surface area (Å²) in [5, 5.41) is 0.728. The number of benzene rings is 1. The highest BCUT2D eigenvalue weighted by molar-refractivity contribution is 7.86. The third-order valence-corrected chi connectivity index (χ3v) is 7.43. The summed E-state index contributed by atoms with van der Waals surface area (Å²) < 4.78 is 34.8. The van der Waals surface area contributed by atoms with Gasteiger partial charge in [0.15, 0.2) is 0 Å². The molecule has 2 heterocycles. The predicted molar refractivity (Wildman–Crippen MR) is 104 cm³/mol. The largest absolute Gasteiger partial charge is 0.373 e. The Balaban J connectivity index is 1.61. The summed E-state index contributed by atoms with van der Waals surface area (Å²) in [4.78, 5) is 2.32. The molecule has 0 bridgehead atoms. The van der Waals surface area contributed by atoms with Crippen molar-refractivity contribution < 1.29 is 13.2 Å². The number of nitrogens with zero attached hydrogens (tertiary/aromatic N) is 3. The van der Waals surface area contributed by atoms with Gasteiger partial charge < -0.3 is 4.74 Å².